The van der Waals surface area contributed by atoms with Gasteiger partial charge in [0.15, 0.2) is 0 Å². The Morgan fingerprint density at radius 3 is 2.57 bits per heavy atom. The van der Waals surface area contributed by atoms with Gasteiger partial charge in [0, 0.05) is 18.0 Å². The van der Waals surface area contributed by atoms with E-state index in [1.165, 1.54) is 5.56 Å². The number of thioether (sulfide) groups is 1. The van der Waals surface area contributed by atoms with Crippen LogP contribution in [0.25, 0.3) is 0 Å². The van der Waals surface area contributed by atoms with Crippen LogP contribution in [0.3, 0.4) is 0 Å². The number of aryl methyl sites for hydroxylation is 2. The summed E-state index contributed by atoms with van der Waals surface area (Å²) in [5, 5.41) is 3.78. The van der Waals surface area contributed by atoms with E-state index in [4.69, 9.17) is 4.52 Å². The van der Waals surface area contributed by atoms with Gasteiger partial charge in [0.25, 0.3) is 0 Å². The molecule has 4 nitrogen and oxygen atoms in total. The Morgan fingerprint density at radius 2 is 2.00 bits per heavy atom. The first-order valence-electron chi connectivity index (χ1n) is 6.86. The molecule has 0 aliphatic heterocycles. The molecular weight excluding hydrogens is 284 g/mol. The SMILES string of the molecule is Cc1ccc(S[C@@H](C)C(=O)N(C)Cc2cc(C)on2)cc1. The van der Waals surface area contributed by atoms with Crippen LogP contribution in [0.15, 0.2) is 39.8 Å². The molecular formula is C16H20N2O2S. The average Bonchev–Trinajstić information content (AvgIpc) is 2.85. The Bertz CT molecular complexity index is 607. The van der Waals surface area contributed by atoms with Crippen LogP contribution in [0.2, 0.25) is 0 Å². The standard InChI is InChI=1S/C16H20N2O2S/c1-11-5-7-15(8-6-11)21-13(3)16(19)18(4)10-14-9-12(2)20-17-14/h5-9,13H,10H2,1-4H3/t13-/m0/s1. The van der Waals surface area contributed by atoms with Crippen LogP contribution >= 0.6 is 11.8 Å². The topological polar surface area (TPSA) is 46.3 Å². The van der Waals surface area contributed by atoms with Gasteiger partial charge in [-0.15, -0.1) is 11.8 Å². The zero-order valence-electron chi connectivity index (χ0n) is 12.8. The first-order valence-corrected chi connectivity index (χ1v) is 7.74. The van der Waals surface area contributed by atoms with Crippen LogP contribution in [0.5, 0.6) is 0 Å². The van der Waals surface area contributed by atoms with Gasteiger partial charge in [-0.3, -0.25) is 4.79 Å². The molecule has 1 atom stereocenters. The summed E-state index contributed by atoms with van der Waals surface area (Å²) in [5.41, 5.74) is 1.99. The predicted octanol–water partition coefficient (Wildman–Crippen LogP) is 3.43. The third-order valence-corrected chi connectivity index (χ3v) is 4.23. The van der Waals surface area contributed by atoms with Crippen molar-refractivity contribution >= 4 is 17.7 Å². The molecule has 0 radical (unpaired) electrons. The lowest BCUT2D eigenvalue weighted by molar-refractivity contribution is -0.129. The second-order valence-electron chi connectivity index (χ2n) is 5.20. The van der Waals surface area contributed by atoms with E-state index in [2.05, 4.69) is 24.2 Å². The summed E-state index contributed by atoms with van der Waals surface area (Å²) in [6.07, 6.45) is 0. The van der Waals surface area contributed by atoms with E-state index < -0.39 is 0 Å². The smallest absolute Gasteiger partial charge is 0.235 e. The van der Waals surface area contributed by atoms with Gasteiger partial charge in [-0.1, -0.05) is 22.9 Å². The molecule has 2 rings (SSSR count). The Morgan fingerprint density at radius 1 is 1.33 bits per heavy atom. The Kier molecular flexibility index (Phi) is 5.07. The van der Waals surface area contributed by atoms with Crippen molar-refractivity contribution in [1.82, 2.24) is 10.1 Å². The fraction of sp³-hybridized carbons (Fsp3) is 0.375. The van der Waals surface area contributed by atoms with Crippen molar-refractivity contribution in [2.75, 3.05) is 7.05 Å². The van der Waals surface area contributed by atoms with Crippen molar-refractivity contribution in [2.45, 2.75) is 37.5 Å². The molecule has 112 valence electrons. The van der Waals surface area contributed by atoms with Crippen LogP contribution in [-0.4, -0.2) is 28.3 Å². The molecule has 1 aromatic carbocycles. The van der Waals surface area contributed by atoms with Crippen LogP contribution in [0, 0.1) is 13.8 Å². The molecule has 0 aliphatic rings. The molecule has 1 aromatic heterocycles. The molecule has 21 heavy (non-hydrogen) atoms. The van der Waals surface area contributed by atoms with E-state index in [1.807, 2.05) is 32.0 Å². The summed E-state index contributed by atoms with van der Waals surface area (Å²) < 4.78 is 5.02. The minimum atomic E-state index is -0.134. The van der Waals surface area contributed by atoms with Crippen molar-refractivity contribution in [2.24, 2.45) is 0 Å². The number of benzene rings is 1. The highest BCUT2D eigenvalue weighted by molar-refractivity contribution is 8.00. The molecule has 0 fully saturated rings. The molecule has 2 aromatic rings. The molecule has 0 bridgehead atoms. The van der Waals surface area contributed by atoms with Crippen molar-refractivity contribution < 1.29 is 9.32 Å². The van der Waals surface area contributed by atoms with E-state index in [0.29, 0.717) is 6.54 Å². The van der Waals surface area contributed by atoms with E-state index in [-0.39, 0.29) is 11.2 Å². The normalized spacial score (nSPS) is 12.2. The van der Waals surface area contributed by atoms with Gasteiger partial charge in [-0.05, 0) is 32.9 Å². The van der Waals surface area contributed by atoms with Gasteiger partial charge in [0.2, 0.25) is 5.91 Å². The highest BCUT2D eigenvalue weighted by atomic mass is 32.2. The maximum Gasteiger partial charge on any atom is 0.235 e. The minimum absolute atomic E-state index is 0.0845. The minimum Gasteiger partial charge on any atom is -0.361 e. The number of aromatic nitrogens is 1. The summed E-state index contributed by atoms with van der Waals surface area (Å²) in [7, 11) is 1.79. The molecule has 1 heterocycles. The number of amides is 1. The van der Waals surface area contributed by atoms with Crippen LogP contribution in [-0.2, 0) is 11.3 Å². The monoisotopic (exact) mass is 304 g/mol. The van der Waals surface area contributed by atoms with Crippen molar-refractivity contribution in [3.63, 3.8) is 0 Å². The zero-order valence-corrected chi connectivity index (χ0v) is 13.6. The summed E-state index contributed by atoms with van der Waals surface area (Å²) in [6, 6.07) is 10.1. The molecule has 0 unspecified atom stereocenters. The van der Waals surface area contributed by atoms with Gasteiger partial charge < -0.3 is 9.42 Å². The number of carbonyl (C=O) groups is 1. The van der Waals surface area contributed by atoms with E-state index >= 15 is 0 Å². The summed E-state index contributed by atoms with van der Waals surface area (Å²) in [4.78, 5) is 15.2. The quantitative estimate of drug-likeness (QED) is 0.794. The molecule has 5 heteroatoms. The Hall–Kier alpha value is -1.75. The molecule has 1 amide bonds. The first-order chi connectivity index (χ1) is 9.95. The fourth-order valence-electron chi connectivity index (χ4n) is 2.00. The van der Waals surface area contributed by atoms with Crippen LogP contribution < -0.4 is 0 Å². The predicted molar refractivity (Wildman–Crippen MR) is 84.2 cm³/mol. The third kappa shape index (κ3) is 4.36. The fourth-order valence-corrected chi connectivity index (χ4v) is 2.98. The lowest BCUT2D eigenvalue weighted by Gasteiger charge is -2.20. The van der Waals surface area contributed by atoms with Crippen LogP contribution in [0.4, 0.5) is 0 Å². The van der Waals surface area contributed by atoms with Gasteiger partial charge in [0.1, 0.15) is 11.5 Å². The maximum atomic E-state index is 12.4. The molecule has 0 saturated carbocycles. The van der Waals surface area contributed by atoms with E-state index in [0.717, 1.165) is 16.3 Å². The van der Waals surface area contributed by atoms with Gasteiger partial charge in [-0.2, -0.15) is 0 Å². The molecule has 0 N–H and O–H groups in total. The van der Waals surface area contributed by atoms with Gasteiger partial charge >= 0.3 is 0 Å². The van der Waals surface area contributed by atoms with E-state index in [1.54, 1.807) is 23.7 Å². The van der Waals surface area contributed by atoms with Crippen LogP contribution in [0.1, 0.15) is 23.9 Å². The lowest BCUT2D eigenvalue weighted by atomic mass is 10.2. The first kappa shape index (κ1) is 15.6. The summed E-state index contributed by atoms with van der Waals surface area (Å²) >= 11 is 1.57. The second kappa shape index (κ2) is 6.80. The Labute approximate surface area is 129 Å². The molecule has 0 spiro atoms. The summed E-state index contributed by atoms with van der Waals surface area (Å²) in [5.74, 6) is 0.842. The average molecular weight is 304 g/mol. The van der Waals surface area contributed by atoms with Crippen molar-refractivity contribution in [3.05, 3.63) is 47.3 Å². The number of nitrogens with zero attached hydrogens (tertiary/aromatic N) is 2. The van der Waals surface area contributed by atoms with Gasteiger partial charge in [-0.25, -0.2) is 0 Å². The lowest BCUT2D eigenvalue weighted by Crippen LogP contribution is -2.32. The third-order valence-electron chi connectivity index (χ3n) is 3.13. The molecule has 0 saturated heterocycles. The maximum absolute atomic E-state index is 12.4. The summed E-state index contributed by atoms with van der Waals surface area (Å²) in [6.45, 7) is 6.29. The number of carbonyl (C=O) groups excluding carboxylic acids is 1. The second-order valence-corrected chi connectivity index (χ2v) is 6.61. The zero-order chi connectivity index (χ0) is 15.4. The highest BCUT2D eigenvalue weighted by Crippen LogP contribution is 2.24. The highest BCUT2D eigenvalue weighted by Gasteiger charge is 2.19. The molecule has 0 aliphatic carbocycles. The van der Waals surface area contributed by atoms with Crippen molar-refractivity contribution in [1.29, 1.82) is 0 Å². The largest absolute Gasteiger partial charge is 0.361 e. The Balaban J connectivity index is 1.93. The van der Waals surface area contributed by atoms with Gasteiger partial charge in [0.05, 0.1) is 11.8 Å². The number of rotatable bonds is 5. The number of hydrogen-bond donors (Lipinski definition) is 0. The van der Waals surface area contributed by atoms with E-state index in [9.17, 15) is 4.79 Å². The number of hydrogen-bond acceptors (Lipinski definition) is 4. The van der Waals surface area contributed by atoms with Crippen molar-refractivity contribution in [3.8, 4) is 0 Å².